The number of nitro benzene ring substituents is 1. The number of thioether (sulfide) groups is 1. The smallest absolute Gasteiger partial charge is 0.269 e. The number of nitro groups is 1. The van der Waals surface area contributed by atoms with E-state index in [1.807, 2.05) is 30.3 Å². The van der Waals surface area contributed by atoms with Gasteiger partial charge in [-0.3, -0.25) is 19.7 Å². The highest BCUT2D eigenvalue weighted by molar-refractivity contribution is 8.01. The first-order chi connectivity index (χ1) is 17.0. The van der Waals surface area contributed by atoms with Gasteiger partial charge in [-0.15, -0.1) is 10.2 Å². The molecule has 2 aromatic carbocycles. The average molecular weight is 511 g/mol. The molecule has 1 aliphatic rings. The van der Waals surface area contributed by atoms with Gasteiger partial charge >= 0.3 is 0 Å². The fourth-order valence-corrected chi connectivity index (χ4v) is 5.03. The van der Waals surface area contributed by atoms with Crippen molar-refractivity contribution in [1.82, 2.24) is 15.1 Å². The minimum absolute atomic E-state index is 0.0123. The summed E-state index contributed by atoms with van der Waals surface area (Å²) >= 11 is 2.77. The summed E-state index contributed by atoms with van der Waals surface area (Å²) in [4.78, 5) is 38.8. The number of non-ortho nitro benzene ring substituents is 1. The molecule has 35 heavy (non-hydrogen) atoms. The molecule has 0 unspecified atom stereocenters. The van der Waals surface area contributed by atoms with Gasteiger partial charge in [-0.25, -0.2) is 0 Å². The SMILES string of the molecule is O=C(CSc1nnc(N2CCN(C(=O)/C=C/c3ccc([N+](=O)[O-])cc3)CC2)s1)Nc1ccccc1. The lowest BCUT2D eigenvalue weighted by molar-refractivity contribution is -0.384. The van der Waals surface area contributed by atoms with Crippen molar-refractivity contribution < 1.29 is 14.5 Å². The maximum atomic E-state index is 12.5. The topological polar surface area (TPSA) is 122 Å². The zero-order valence-electron chi connectivity index (χ0n) is 18.6. The number of piperazine rings is 1. The molecule has 180 valence electrons. The van der Waals surface area contributed by atoms with Gasteiger partial charge in [0.1, 0.15) is 0 Å². The number of aromatic nitrogens is 2. The zero-order chi connectivity index (χ0) is 24.6. The fraction of sp³-hybridized carbons (Fsp3) is 0.217. The molecule has 0 bridgehead atoms. The van der Waals surface area contributed by atoms with E-state index in [0.717, 1.165) is 16.4 Å². The number of anilines is 2. The van der Waals surface area contributed by atoms with Crippen LogP contribution in [0.25, 0.3) is 6.08 Å². The first-order valence-electron chi connectivity index (χ1n) is 10.8. The maximum absolute atomic E-state index is 12.5. The molecule has 1 N–H and O–H groups in total. The number of rotatable bonds is 8. The number of hydrogen-bond acceptors (Lipinski definition) is 9. The van der Waals surface area contributed by atoms with Gasteiger partial charge in [0.2, 0.25) is 16.9 Å². The molecule has 1 fully saturated rings. The number of benzene rings is 2. The quantitative estimate of drug-likeness (QED) is 0.211. The Morgan fingerprint density at radius 1 is 1.06 bits per heavy atom. The first kappa shape index (κ1) is 24.4. The molecule has 2 amide bonds. The second-order valence-electron chi connectivity index (χ2n) is 7.55. The Morgan fingerprint density at radius 2 is 1.77 bits per heavy atom. The minimum atomic E-state index is -0.458. The maximum Gasteiger partial charge on any atom is 0.269 e. The van der Waals surface area contributed by atoms with E-state index < -0.39 is 4.92 Å². The molecule has 0 atom stereocenters. The number of amides is 2. The van der Waals surface area contributed by atoms with Crippen LogP contribution in [-0.2, 0) is 9.59 Å². The van der Waals surface area contributed by atoms with Crippen LogP contribution in [0, 0.1) is 10.1 Å². The summed E-state index contributed by atoms with van der Waals surface area (Å²) in [6.45, 7) is 2.35. The van der Waals surface area contributed by atoms with Gasteiger partial charge in [0, 0.05) is 50.1 Å². The number of hydrogen-bond donors (Lipinski definition) is 1. The fourth-order valence-electron chi connectivity index (χ4n) is 3.33. The van der Waals surface area contributed by atoms with Crippen molar-refractivity contribution in [3.05, 3.63) is 76.4 Å². The molecule has 0 saturated carbocycles. The van der Waals surface area contributed by atoms with Gasteiger partial charge in [0.15, 0.2) is 4.34 Å². The molecule has 1 aliphatic heterocycles. The molecule has 0 aliphatic carbocycles. The van der Waals surface area contributed by atoms with Crippen LogP contribution in [0.4, 0.5) is 16.5 Å². The molecule has 2 heterocycles. The highest BCUT2D eigenvalue weighted by Crippen LogP contribution is 2.28. The van der Waals surface area contributed by atoms with Crippen LogP contribution in [0.2, 0.25) is 0 Å². The van der Waals surface area contributed by atoms with E-state index in [9.17, 15) is 19.7 Å². The highest BCUT2D eigenvalue weighted by Gasteiger charge is 2.22. The summed E-state index contributed by atoms with van der Waals surface area (Å²) < 4.78 is 0.716. The van der Waals surface area contributed by atoms with Crippen molar-refractivity contribution in [2.45, 2.75) is 4.34 Å². The van der Waals surface area contributed by atoms with Crippen LogP contribution >= 0.6 is 23.1 Å². The molecule has 1 saturated heterocycles. The van der Waals surface area contributed by atoms with Crippen molar-refractivity contribution in [2.75, 3.05) is 42.1 Å². The minimum Gasteiger partial charge on any atom is -0.343 e. The van der Waals surface area contributed by atoms with Crippen molar-refractivity contribution >= 4 is 57.5 Å². The van der Waals surface area contributed by atoms with Crippen molar-refractivity contribution in [3.8, 4) is 0 Å². The Bertz CT molecular complexity index is 1210. The Hall–Kier alpha value is -3.77. The molecule has 12 heteroatoms. The standard InChI is InChI=1S/C23H22N6O4S2/c30-20(24-18-4-2-1-3-5-18)16-34-23-26-25-22(35-23)28-14-12-27(13-15-28)21(31)11-8-17-6-9-19(10-7-17)29(32)33/h1-11H,12-16H2,(H,24,30)/b11-8+. The summed E-state index contributed by atoms with van der Waals surface area (Å²) in [5, 5.41) is 22.8. The number of carbonyl (C=O) groups is 2. The summed E-state index contributed by atoms with van der Waals surface area (Å²) in [6, 6.07) is 15.3. The number of carbonyl (C=O) groups excluding carboxylic acids is 2. The summed E-state index contributed by atoms with van der Waals surface area (Å²) in [6.07, 6.45) is 3.14. The van der Waals surface area contributed by atoms with Crippen LogP contribution in [-0.4, -0.2) is 63.8 Å². The van der Waals surface area contributed by atoms with Gasteiger partial charge in [0.25, 0.3) is 5.69 Å². The van der Waals surface area contributed by atoms with E-state index in [1.54, 1.807) is 23.1 Å². The van der Waals surface area contributed by atoms with E-state index in [4.69, 9.17) is 0 Å². The predicted molar refractivity (Wildman–Crippen MR) is 137 cm³/mol. The predicted octanol–water partition coefficient (Wildman–Crippen LogP) is 3.54. The lowest BCUT2D eigenvalue weighted by Gasteiger charge is -2.33. The van der Waals surface area contributed by atoms with Gasteiger partial charge in [-0.2, -0.15) is 0 Å². The van der Waals surface area contributed by atoms with Gasteiger partial charge in [-0.05, 0) is 35.9 Å². The van der Waals surface area contributed by atoms with Gasteiger partial charge in [-0.1, -0.05) is 41.3 Å². The van der Waals surface area contributed by atoms with E-state index in [0.29, 0.717) is 30.5 Å². The molecule has 0 radical (unpaired) electrons. The molecule has 4 rings (SSSR count). The number of nitrogens with zero attached hydrogens (tertiary/aromatic N) is 5. The van der Waals surface area contributed by atoms with E-state index >= 15 is 0 Å². The summed E-state index contributed by atoms with van der Waals surface area (Å²) in [7, 11) is 0. The van der Waals surface area contributed by atoms with Crippen molar-refractivity contribution in [2.24, 2.45) is 0 Å². The Balaban J connectivity index is 1.22. The third-order valence-corrected chi connectivity index (χ3v) is 7.28. The third kappa shape index (κ3) is 6.87. The number of nitrogens with one attached hydrogen (secondary N) is 1. The second kappa shape index (κ2) is 11.6. The van der Waals surface area contributed by atoms with E-state index in [-0.39, 0.29) is 23.3 Å². The Kier molecular flexibility index (Phi) is 8.06. The third-order valence-electron chi connectivity index (χ3n) is 5.16. The molecule has 3 aromatic rings. The van der Waals surface area contributed by atoms with Gasteiger partial charge < -0.3 is 15.1 Å². The molecular weight excluding hydrogens is 488 g/mol. The molecule has 1 aromatic heterocycles. The lowest BCUT2D eigenvalue weighted by Crippen LogP contribution is -2.48. The van der Waals surface area contributed by atoms with E-state index in [2.05, 4.69) is 20.4 Å². The molecular formula is C23H22N6O4S2. The monoisotopic (exact) mass is 510 g/mol. The summed E-state index contributed by atoms with van der Waals surface area (Å²) in [5.74, 6) is 0.0280. The van der Waals surface area contributed by atoms with E-state index in [1.165, 1.54) is 41.3 Å². The molecule has 10 nitrogen and oxygen atoms in total. The Morgan fingerprint density at radius 3 is 2.46 bits per heavy atom. The van der Waals surface area contributed by atoms with Gasteiger partial charge in [0.05, 0.1) is 10.7 Å². The zero-order valence-corrected chi connectivity index (χ0v) is 20.2. The van der Waals surface area contributed by atoms with Crippen molar-refractivity contribution in [3.63, 3.8) is 0 Å². The van der Waals surface area contributed by atoms with Crippen LogP contribution in [0.15, 0.2) is 65.0 Å². The van der Waals surface area contributed by atoms with Crippen LogP contribution < -0.4 is 10.2 Å². The molecule has 0 spiro atoms. The van der Waals surface area contributed by atoms with Crippen LogP contribution in [0.1, 0.15) is 5.56 Å². The van der Waals surface area contributed by atoms with Crippen LogP contribution in [0.3, 0.4) is 0 Å². The first-order valence-corrected chi connectivity index (χ1v) is 12.6. The summed E-state index contributed by atoms with van der Waals surface area (Å²) in [5.41, 5.74) is 1.49. The highest BCUT2D eigenvalue weighted by atomic mass is 32.2. The second-order valence-corrected chi connectivity index (χ2v) is 9.73. The Labute approximate surface area is 209 Å². The largest absolute Gasteiger partial charge is 0.343 e. The van der Waals surface area contributed by atoms with Crippen LogP contribution in [0.5, 0.6) is 0 Å². The lowest BCUT2D eigenvalue weighted by atomic mass is 10.2. The normalized spacial score (nSPS) is 13.7. The number of para-hydroxylation sites is 1. The average Bonchev–Trinajstić information content (AvgIpc) is 3.36. The van der Waals surface area contributed by atoms with Crippen molar-refractivity contribution in [1.29, 1.82) is 0 Å².